The number of amides is 8. The van der Waals surface area contributed by atoms with E-state index in [2.05, 4.69) is 37.2 Å². The summed E-state index contributed by atoms with van der Waals surface area (Å²) in [6, 6.07) is -7.28. The Balaban J connectivity index is 6.55. The fourth-order valence-corrected chi connectivity index (χ4v) is 6.99. The topological polar surface area (TPSA) is 325 Å². The first-order valence-electron chi connectivity index (χ1n) is 23.0. The third-order valence-electron chi connectivity index (χ3n) is 10.2. The number of unbranched alkanes of at least 4 members (excludes halogenated alkanes) is 3. The van der Waals surface area contributed by atoms with Crippen molar-refractivity contribution in [3.8, 4) is 0 Å². The summed E-state index contributed by atoms with van der Waals surface area (Å²) in [6.45, 7) is 17.5. The molecule has 0 rings (SSSR count). The average molecular weight is 896 g/mol. The number of nitrogens with one attached hydrogen (secondary N) is 7. The predicted molar refractivity (Wildman–Crippen MR) is 245 cm³/mol. The highest BCUT2D eigenvalue weighted by molar-refractivity contribution is 5.97. The van der Waals surface area contributed by atoms with Gasteiger partial charge in [-0.05, 0) is 127 Å². The molecule has 0 heterocycles. The quantitative estimate of drug-likeness (QED) is 0.0394. The van der Waals surface area contributed by atoms with Gasteiger partial charge in [0.2, 0.25) is 47.3 Å². The van der Waals surface area contributed by atoms with E-state index >= 15 is 0 Å². The summed E-state index contributed by atoms with van der Waals surface area (Å²) in [4.78, 5) is 107. The fraction of sp³-hybridized carbons (Fsp3) is 0.818. The minimum Gasteiger partial charge on any atom is -0.368 e. The summed E-state index contributed by atoms with van der Waals surface area (Å²) < 4.78 is 0. The molecule has 0 aliphatic heterocycles. The van der Waals surface area contributed by atoms with Crippen molar-refractivity contribution in [1.29, 1.82) is 0 Å². The summed E-state index contributed by atoms with van der Waals surface area (Å²) in [7, 11) is 0. The summed E-state index contributed by atoms with van der Waals surface area (Å²) in [5, 5.41) is 19.3. The van der Waals surface area contributed by atoms with Crippen molar-refractivity contribution in [2.75, 3.05) is 19.6 Å². The van der Waals surface area contributed by atoms with Gasteiger partial charge in [0.25, 0.3) is 0 Å². The monoisotopic (exact) mass is 896 g/mol. The Morgan fingerprint density at radius 2 is 0.571 bits per heavy atom. The Bertz CT molecular complexity index is 1430. The molecule has 0 aromatic carbocycles. The lowest BCUT2D eigenvalue weighted by Gasteiger charge is -2.29. The highest BCUT2D eigenvalue weighted by Gasteiger charge is 2.34. The molecule has 364 valence electrons. The van der Waals surface area contributed by atoms with Crippen LogP contribution in [-0.4, -0.2) is 109 Å². The number of rotatable bonds is 34. The lowest BCUT2D eigenvalue weighted by atomic mass is 9.98. The number of primary amides is 1. The van der Waals surface area contributed by atoms with Crippen molar-refractivity contribution < 1.29 is 38.4 Å². The molecule has 0 radical (unpaired) electrons. The van der Waals surface area contributed by atoms with E-state index in [1.54, 1.807) is 0 Å². The summed E-state index contributed by atoms with van der Waals surface area (Å²) in [5.74, 6) is -4.78. The number of nitrogens with two attached hydrogens (primary N) is 4. The maximum absolute atomic E-state index is 14.1. The van der Waals surface area contributed by atoms with Gasteiger partial charge in [-0.15, -0.1) is 0 Å². The van der Waals surface area contributed by atoms with Crippen LogP contribution < -0.4 is 60.2 Å². The van der Waals surface area contributed by atoms with Crippen molar-refractivity contribution in [3.05, 3.63) is 0 Å². The Labute approximate surface area is 376 Å². The van der Waals surface area contributed by atoms with Gasteiger partial charge in [0.15, 0.2) is 0 Å². The van der Waals surface area contributed by atoms with Crippen LogP contribution in [0.15, 0.2) is 0 Å². The predicted octanol–water partition coefficient (Wildman–Crippen LogP) is 0.457. The van der Waals surface area contributed by atoms with Gasteiger partial charge in [-0.3, -0.25) is 38.4 Å². The average Bonchev–Trinajstić information content (AvgIpc) is 3.17. The van der Waals surface area contributed by atoms with E-state index in [0.717, 1.165) is 0 Å². The molecule has 63 heavy (non-hydrogen) atoms. The van der Waals surface area contributed by atoms with Crippen LogP contribution in [0.5, 0.6) is 0 Å². The van der Waals surface area contributed by atoms with Gasteiger partial charge in [0.05, 0.1) is 0 Å². The van der Waals surface area contributed by atoms with Gasteiger partial charge in [0.1, 0.15) is 42.3 Å². The molecular weight excluding hydrogens is 811 g/mol. The van der Waals surface area contributed by atoms with Gasteiger partial charge < -0.3 is 60.2 Å². The van der Waals surface area contributed by atoms with E-state index in [1.165, 1.54) is 6.92 Å². The molecule has 0 fully saturated rings. The SMILES string of the molecule is CC(=O)N[C@@H](CC(C)C)C(=O)N[C@@H](CCCCN)C(=O)N[C@@H](CCCCN)C(=O)N[C@@H](CC(C)C)C(=O)N[C@@H](CC(C)C)C(=O)N[C@@H](CCCCN)C(=O)N[C@@H](CC(C)C)C(N)=O. The zero-order chi connectivity index (χ0) is 48.2. The van der Waals surface area contributed by atoms with E-state index < -0.39 is 89.6 Å². The maximum atomic E-state index is 14.1. The number of hydrogen-bond acceptors (Lipinski definition) is 11. The van der Waals surface area contributed by atoms with Crippen LogP contribution in [0.3, 0.4) is 0 Å². The highest BCUT2D eigenvalue weighted by atomic mass is 16.2. The van der Waals surface area contributed by atoms with Crippen LogP contribution in [0.1, 0.15) is 146 Å². The van der Waals surface area contributed by atoms with Gasteiger partial charge in [0, 0.05) is 6.92 Å². The zero-order valence-corrected chi connectivity index (χ0v) is 39.7. The van der Waals surface area contributed by atoms with Crippen LogP contribution >= 0.6 is 0 Å². The molecule has 0 spiro atoms. The molecule has 0 aromatic rings. The van der Waals surface area contributed by atoms with Crippen molar-refractivity contribution in [2.24, 2.45) is 46.6 Å². The van der Waals surface area contributed by atoms with Crippen LogP contribution in [0.25, 0.3) is 0 Å². The molecule has 0 bridgehead atoms. The van der Waals surface area contributed by atoms with E-state index in [0.29, 0.717) is 71.0 Å². The lowest BCUT2D eigenvalue weighted by molar-refractivity contribution is -0.136. The Morgan fingerprint density at radius 1 is 0.349 bits per heavy atom. The number of hydrogen-bond donors (Lipinski definition) is 11. The molecule has 0 unspecified atom stereocenters. The first-order chi connectivity index (χ1) is 29.6. The number of carbonyl (C=O) groups is 8. The van der Waals surface area contributed by atoms with Crippen LogP contribution in [0.2, 0.25) is 0 Å². The molecule has 0 saturated heterocycles. The van der Waals surface area contributed by atoms with Crippen LogP contribution in [0.4, 0.5) is 0 Å². The minimum atomic E-state index is -1.13. The molecular formula is C44H85N11O8. The molecule has 7 atom stereocenters. The molecule has 0 saturated carbocycles. The second kappa shape index (κ2) is 32.3. The molecule has 0 aliphatic rings. The van der Waals surface area contributed by atoms with Crippen LogP contribution in [-0.2, 0) is 38.4 Å². The fourth-order valence-electron chi connectivity index (χ4n) is 6.99. The van der Waals surface area contributed by atoms with Crippen LogP contribution in [0, 0.1) is 23.7 Å². The van der Waals surface area contributed by atoms with Crippen molar-refractivity contribution in [1.82, 2.24) is 37.2 Å². The summed E-state index contributed by atoms with van der Waals surface area (Å²) in [5.41, 5.74) is 22.8. The molecule has 15 N–H and O–H groups in total. The molecule has 19 heteroatoms. The summed E-state index contributed by atoms with van der Waals surface area (Å²) in [6.07, 6.45) is 4.84. The number of carbonyl (C=O) groups excluding carboxylic acids is 8. The largest absolute Gasteiger partial charge is 0.368 e. The van der Waals surface area contributed by atoms with Crippen molar-refractivity contribution in [2.45, 2.75) is 188 Å². The van der Waals surface area contributed by atoms with E-state index in [-0.39, 0.29) is 55.8 Å². The Morgan fingerprint density at radius 3 is 0.810 bits per heavy atom. The second-order valence-corrected chi connectivity index (χ2v) is 18.4. The van der Waals surface area contributed by atoms with E-state index in [4.69, 9.17) is 22.9 Å². The molecule has 19 nitrogen and oxygen atoms in total. The van der Waals surface area contributed by atoms with Gasteiger partial charge >= 0.3 is 0 Å². The smallest absolute Gasteiger partial charge is 0.243 e. The molecule has 0 aromatic heterocycles. The van der Waals surface area contributed by atoms with Crippen molar-refractivity contribution in [3.63, 3.8) is 0 Å². The highest BCUT2D eigenvalue weighted by Crippen LogP contribution is 2.14. The zero-order valence-electron chi connectivity index (χ0n) is 39.7. The van der Waals surface area contributed by atoms with Gasteiger partial charge in [-0.25, -0.2) is 0 Å². The second-order valence-electron chi connectivity index (χ2n) is 18.4. The van der Waals surface area contributed by atoms with Gasteiger partial charge in [-0.2, -0.15) is 0 Å². The third-order valence-corrected chi connectivity index (χ3v) is 10.2. The molecule has 0 aliphatic carbocycles. The van der Waals surface area contributed by atoms with Gasteiger partial charge in [-0.1, -0.05) is 55.4 Å². The minimum absolute atomic E-state index is 0.0520. The standard InChI is InChI=1S/C44H85N11O8/c1-26(2)22-34(38(48)57)53-40(59)32(17-11-14-20-46)52-43(62)36(24-28(5)6)55-44(63)37(25-29(7)8)54-41(60)33(18-12-15-21-47)50-39(58)31(16-10-13-19-45)51-42(61)35(23-27(3)4)49-30(9)56/h26-29,31-37H,10-25,45-47H2,1-9H3,(H2,48,57)(H,49,56)(H,50,58)(H,51,61)(H,52,62)(H,53,59)(H,54,60)(H,55,63)/t31-,32-,33-,34-,35-,36-,37-/m0/s1. The Kier molecular flexibility index (Phi) is 30.1. The van der Waals surface area contributed by atoms with Crippen molar-refractivity contribution >= 4 is 47.3 Å². The maximum Gasteiger partial charge on any atom is 0.243 e. The Hall–Kier alpha value is -4.36. The van der Waals surface area contributed by atoms with E-state index in [1.807, 2.05) is 55.4 Å². The first-order valence-corrected chi connectivity index (χ1v) is 23.0. The first kappa shape index (κ1) is 58.6. The lowest BCUT2D eigenvalue weighted by Crippen LogP contribution is -2.60. The third kappa shape index (κ3) is 26.1. The normalized spacial score (nSPS) is 14.8. The molecule has 8 amide bonds. The summed E-state index contributed by atoms with van der Waals surface area (Å²) >= 11 is 0. The van der Waals surface area contributed by atoms with E-state index in [9.17, 15) is 38.4 Å².